The van der Waals surface area contributed by atoms with Crippen LogP contribution in [0.2, 0.25) is 0 Å². The molecule has 4 fully saturated rings. The number of halogens is 1. The van der Waals surface area contributed by atoms with E-state index in [1.807, 2.05) is 24.3 Å². The van der Waals surface area contributed by atoms with Gasteiger partial charge in [0.15, 0.2) is 0 Å². The second kappa shape index (κ2) is 6.20. The fourth-order valence-electron chi connectivity index (χ4n) is 6.57. The van der Waals surface area contributed by atoms with Crippen LogP contribution >= 0.6 is 15.9 Å². The van der Waals surface area contributed by atoms with Crippen LogP contribution in [-0.4, -0.2) is 5.91 Å². The molecule has 4 aliphatic carbocycles. The van der Waals surface area contributed by atoms with Crippen molar-refractivity contribution in [1.82, 2.24) is 0 Å². The molecule has 2 aromatic rings. The van der Waals surface area contributed by atoms with Crippen LogP contribution in [0.1, 0.15) is 49.7 Å². The zero-order valence-corrected chi connectivity index (χ0v) is 17.4. The van der Waals surface area contributed by atoms with E-state index in [1.165, 1.54) is 30.4 Å². The van der Waals surface area contributed by atoms with Crippen molar-refractivity contribution in [2.24, 2.45) is 17.3 Å². The fraction of sp³-hybridized carbons (Fsp3) is 0.458. The van der Waals surface area contributed by atoms with Gasteiger partial charge in [0.2, 0.25) is 5.91 Å². The van der Waals surface area contributed by atoms with Gasteiger partial charge in [-0.25, -0.2) is 0 Å². The minimum atomic E-state index is -0.192. The second-order valence-corrected chi connectivity index (χ2v) is 10.3. The number of amides is 1. The summed E-state index contributed by atoms with van der Waals surface area (Å²) in [5, 5.41) is 3.24. The van der Waals surface area contributed by atoms with Crippen LogP contribution < -0.4 is 5.32 Å². The summed E-state index contributed by atoms with van der Waals surface area (Å²) >= 11 is 3.47. The van der Waals surface area contributed by atoms with Gasteiger partial charge < -0.3 is 5.32 Å². The minimum Gasteiger partial charge on any atom is -0.326 e. The van der Waals surface area contributed by atoms with Crippen molar-refractivity contribution in [3.05, 3.63) is 64.1 Å². The molecule has 4 saturated carbocycles. The molecule has 0 unspecified atom stereocenters. The average molecular weight is 424 g/mol. The number of hydrogen-bond acceptors (Lipinski definition) is 1. The summed E-state index contributed by atoms with van der Waals surface area (Å²) in [7, 11) is 0. The molecule has 27 heavy (non-hydrogen) atoms. The fourth-order valence-corrected chi connectivity index (χ4v) is 6.83. The monoisotopic (exact) mass is 423 g/mol. The minimum absolute atomic E-state index is 0.192. The second-order valence-electron chi connectivity index (χ2n) is 9.35. The summed E-state index contributed by atoms with van der Waals surface area (Å²) in [5.41, 5.74) is 3.69. The first-order valence-corrected chi connectivity index (χ1v) is 10.9. The first kappa shape index (κ1) is 17.5. The molecule has 0 aliphatic heterocycles. The Labute approximate surface area is 169 Å². The normalized spacial score (nSPS) is 33.9. The zero-order valence-electron chi connectivity index (χ0n) is 15.8. The molecule has 2 aromatic carbocycles. The van der Waals surface area contributed by atoms with Crippen LogP contribution in [0, 0.1) is 24.2 Å². The largest absolute Gasteiger partial charge is 0.326 e. The molecule has 1 amide bonds. The first-order chi connectivity index (χ1) is 13.0. The summed E-state index contributed by atoms with van der Waals surface area (Å²) < 4.78 is 1.04. The Hall–Kier alpha value is -1.61. The van der Waals surface area contributed by atoms with E-state index in [9.17, 15) is 4.79 Å². The zero-order chi connectivity index (χ0) is 18.6. The Balaban J connectivity index is 1.46. The lowest BCUT2D eigenvalue weighted by atomic mass is 9.42. The molecule has 0 radical (unpaired) electrons. The van der Waals surface area contributed by atoms with E-state index >= 15 is 0 Å². The summed E-state index contributed by atoms with van der Waals surface area (Å²) in [5.74, 6) is 1.64. The average Bonchev–Trinajstić information content (AvgIpc) is 2.63. The van der Waals surface area contributed by atoms with Gasteiger partial charge in [0.1, 0.15) is 0 Å². The van der Waals surface area contributed by atoms with Crippen LogP contribution in [0.3, 0.4) is 0 Å². The molecule has 2 nitrogen and oxygen atoms in total. The third-order valence-corrected chi connectivity index (χ3v) is 7.84. The SMILES string of the molecule is Cc1ccc(C23C[C@H]4C[C@@H](CC(C(=O)Nc5ccc(Br)cc5)(C4)C2)C3)cc1. The molecule has 3 heteroatoms. The van der Waals surface area contributed by atoms with Crippen molar-refractivity contribution in [3.63, 3.8) is 0 Å². The maximum atomic E-state index is 13.5. The molecule has 6 rings (SSSR count). The van der Waals surface area contributed by atoms with Gasteiger partial charge in [0.25, 0.3) is 0 Å². The van der Waals surface area contributed by atoms with E-state index in [0.717, 1.165) is 29.4 Å². The lowest BCUT2D eigenvalue weighted by Gasteiger charge is -2.61. The molecule has 4 bridgehead atoms. The van der Waals surface area contributed by atoms with Gasteiger partial charge in [-0.2, -0.15) is 0 Å². The predicted octanol–water partition coefficient (Wildman–Crippen LogP) is 6.23. The van der Waals surface area contributed by atoms with Crippen LogP contribution in [0.4, 0.5) is 5.69 Å². The van der Waals surface area contributed by atoms with Crippen molar-refractivity contribution >= 4 is 27.5 Å². The van der Waals surface area contributed by atoms with Gasteiger partial charge in [-0.05, 0) is 92.5 Å². The van der Waals surface area contributed by atoms with Crippen molar-refractivity contribution in [2.75, 3.05) is 5.32 Å². The van der Waals surface area contributed by atoms with Crippen molar-refractivity contribution in [3.8, 4) is 0 Å². The number of anilines is 1. The molecule has 4 aliphatic rings. The van der Waals surface area contributed by atoms with Gasteiger partial charge >= 0.3 is 0 Å². The molecule has 0 spiro atoms. The molecular formula is C24H26BrNO. The van der Waals surface area contributed by atoms with Crippen molar-refractivity contribution in [2.45, 2.75) is 50.9 Å². The smallest absolute Gasteiger partial charge is 0.230 e. The highest BCUT2D eigenvalue weighted by molar-refractivity contribution is 9.10. The predicted molar refractivity (Wildman–Crippen MR) is 113 cm³/mol. The lowest BCUT2D eigenvalue weighted by Crippen LogP contribution is -2.57. The molecule has 140 valence electrons. The quantitative estimate of drug-likeness (QED) is 0.622. The van der Waals surface area contributed by atoms with Crippen molar-refractivity contribution in [1.29, 1.82) is 0 Å². The highest BCUT2D eigenvalue weighted by Crippen LogP contribution is 2.66. The van der Waals surface area contributed by atoms with E-state index in [4.69, 9.17) is 0 Å². The topological polar surface area (TPSA) is 29.1 Å². The Morgan fingerprint density at radius 2 is 1.59 bits per heavy atom. The van der Waals surface area contributed by atoms with E-state index in [0.29, 0.717) is 11.8 Å². The summed E-state index contributed by atoms with van der Waals surface area (Å²) in [6, 6.07) is 17.1. The van der Waals surface area contributed by atoms with E-state index < -0.39 is 0 Å². The van der Waals surface area contributed by atoms with Gasteiger partial charge in [-0.15, -0.1) is 0 Å². The number of aryl methyl sites for hydroxylation is 1. The van der Waals surface area contributed by atoms with Crippen LogP contribution in [-0.2, 0) is 10.2 Å². The van der Waals surface area contributed by atoms with Crippen LogP contribution in [0.25, 0.3) is 0 Å². The van der Waals surface area contributed by atoms with Crippen LogP contribution in [0.15, 0.2) is 53.0 Å². The maximum absolute atomic E-state index is 13.5. The third kappa shape index (κ3) is 2.95. The number of hydrogen-bond donors (Lipinski definition) is 1. The van der Waals surface area contributed by atoms with Gasteiger partial charge in [0.05, 0.1) is 5.41 Å². The lowest BCUT2D eigenvalue weighted by molar-refractivity contribution is -0.143. The Morgan fingerprint density at radius 1 is 0.963 bits per heavy atom. The number of rotatable bonds is 3. The van der Waals surface area contributed by atoms with Crippen LogP contribution in [0.5, 0.6) is 0 Å². The Morgan fingerprint density at radius 3 is 2.22 bits per heavy atom. The number of benzene rings is 2. The van der Waals surface area contributed by atoms with Crippen molar-refractivity contribution < 1.29 is 4.79 Å². The van der Waals surface area contributed by atoms with E-state index in [-0.39, 0.29) is 16.7 Å². The Bertz CT molecular complexity index is 856. The molecule has 0 aromatic heterocycles. The molecule has 0 saturated heterocycles. The highest BCUT2D eigenvalue weighted by Gasteiger charge is 2.60. The number of carbonyl (C=O) groups excluding carboxylic acids is 1. The molecule has 1 N–H and O–H groups in total. The summed E-state index contributed by atoms with van der Waals surface area (Å²) in [6.07, 6.45) is 7.00. The maximum Gasteiger partial charge on any atom is 0.230 e. The molecule has 0 heterocycles. The summed E-state index contributed by atoms with van der Waals surface area (Å²) in [4.78, 5) is 13.5. The Kier molecular flexibility index (Phi) is 4.02. The first-order valence-electron chi connectivity index (χ1n) is 10.1. The number of carbonyl (C=O) groups is 1. The van der Waals surface area contributed by atoms with E-state index in [1.54, 1.807) is 0 Å². The highest BCUT2D eigenvalue weighted by atomic mass is 79.9. The standard InChI is InChI=1S/C24H26BrNO/c1-16-2-4-19(5-3-16)23-11-17-10-18(12-23)14-24(13-17,15-23)22(27)26-21-8-6-20(25)7-9-21/h2-9,17-18H,10-15H2,1H3,(H,26,27)/t17-,18-,23?,24?/m1/s1. The van der Waals surface area contributed by atoms with Gasteiger partial charge in [0, 0.05) is 10.2 Å². The number of nitrogens with one attached hydrogen (secondary N) is 1. The molecular weight excluding hydrogens is 398 g/mol. The van der Waals surface area contributed by atoms with E-state index in [2.05, 4.69) is 52.4 Å². The summed E-state index contributed by atoms with van der Waals surface area (Å²) in [6.45, 7) is 2.15. The van der Waals surface area contributed by atoms with Gasteiger partial charge in [-0.3, -0.25) is 4.79 Å². The molecule has 2 atom stereocenters. The van der Waals surface area contributed by atoms with Gasteiger partial charge in [-0.1, -0.05) is 45.8 Å². The third-order valence-electron chi connectivity index (χ3n) is 7.31.